The Labute approximate surface area is 135 Å². The fraction of sp³-hybridized carbons (Fsp3) is 0.158. The maximum atomic E-state index is 10.9. The summed E-state index contributed by atoms with van der Waals surface area (Å²) in [6.07, 6.45) is 2.03. The normalized spacial score (nSPS) is 11.0. The Hall–Kier alpha value is -2.88. The minimum Gasteiger partial charge on any atom is -0.427 e. The van der Waals surface area contributed by atoms with E-state index in [0.29, 0.717) is 11.5 Å². The quantitative estimate of drug-likeness (QED) is 0.485. The first kappa shape index (κ1) is 16.5. The van der Waals surface area contributed by atoms with E-state index in [2.05, 4.69) is 0 Å². The van der Waals surface area contributed by atoms with Crippen molar-refractivity contribution in [2.24, 2.45) is 0 Å². The first-order valence-electron chi connectivity index (χ1n) is 7.19. The summed E-state index contributed by atoms with van der Waals surface area (Å²) in [7, 11) is 0. The van der Waals surface area contributed by atoms with Gasteiger partial charge in [0.25, 0.3) is 0 Å². The third kappa shape index (κ3) is 5.11. The summed E-state index contributed by atoms with van der Waals surface area (Å²) in [6.45, 7) is 4.75. The van der Waals surface area contributed by atoms with Gasteiger partial charge in [-0.2, -0.15) is 0 Å². The molecule has 0 aliphatic carbocycles. The van der Waals surface area contributed by atoms with Gasteiger partial charge in [-0.05, 0) is 47.9 Å². The third-order valence-electron chi connectivity index (χ3n) is 3.10. The molecule has 2 aromatic rings. The van der Waals surface area contributed by atoms with E-state index < -0.39 is 0 Å². The van der Waals surface area contributed by atoms with E-state index in [1.54, 1.807) is 24.3 Å². The second kappa shape index (κ2) is 7.40. The zero-order valence-electron chi connectivity index (χ0n) is 13.3. The molecule has 118 valence electrons. The summed E-state index contributed by atoms with van der Waals surface area (Å²) >= 11 is 0. The zero-order valence-corrected chi connectivity index (χ0v) is 13.3. The van der Waals surface area contributed by atoms with E-state index in [9.17, 15) is 9.59 Å². The molecule has 0 N–H and O–H groups in total. The number of carbonyl (C=O) groups is 2. The lowest BCUT2D eigenvalue weighted by Crippen LogP contribution is -2.01. The molecule has 0 unspecified atom stereocenters. The first-order chi connectivity index (χ1) is 10.9. The number of carbonyl (C=O) groups excluding carboxylic acids is 2. The van der Waals surface area contributed by atoms with Crippen molar-refractivity contribution >= 4 is 23.6 Å². The van der Waals surface area contributed by atoms with Crippen molar-refractivity contribution in [1.29, 1.82) is 0 Å². The van der Waals surface area contributed by atoms with Crippen LogP contribution in [0.4, 0.5) is 0 Å². The average molecular weight is 310 g/mol. The SMILES string of the molecule is CC(=O)Oc1ccc(/C=C(\C)c2ccc(OC(C)=O)cc2)cc1. The molecule has 0 radical (unpaired) electrons. The van der Waals surface area contributed by atoms with Crippen LogP contribution in [0.15, 0.2) is 48.5 Å². The van der Waals surface area contributed by atoms with Crippen LogP contribution in [0.2, 0.25) is 0 Å². The summed E-state index contributed by atoms with van der Waals surface area (Å²) in [6, 6.07) is 14.6. The van der Waals surface area contributed by atoms with Crippen LogP contribution in [-0.2, 0) is 9.59 Å². The minimum atomic E-state index is -0.336. The number of esters is 2. The Bertz CT molecular complexity index is 725. The van der Waals surface area contributed by atoms with Gasteiger partial charge in [-0.25, -0.2) is 0 Å². The van der Waals surface area contributed by atoms with E-state index in [1.165, 1.54) is 13.8 Å². The van der Waals surface area contributed by atoms with Crippen molar-refractivity contribution in [3.63, 3.8) is 0 Å². The van der Waals surface area contributed by atoms with Gasteiger partial charge in [-0.3, -0.25) is 9.59 Å². The van der Waals surface area contributed by atoms with Crippen LogP contribution in [0.1, 0.15) is 31.9 Å². The van der Waals surface area contributed by atoms with Crippen LogP contribution in [0.3, 0.4) is 0 Å². The van der Waals surface area contributed by atoms with Crippen LogP contribution in [0.5, 0.6) is 11.5 Å². The monoisotopic (exact) mass is 310 g/mol. The summed E-state index contributed by atoms with van der Waals surface area (Å²) < 4.78 is 10.0. The molecule has 0 aliphatic heterocycles. The lowest BCUT2D eigenvalue weighted by atomic mass is 10.0. The van der Waals surface area contributed by atoms with Crippen LogP contribution in [0, 0.1) is 0 Å². The molecule has 0 saturated heterocycles. The van der Waals surface area contributed by atoms with Gasteiger partial charge >= 0.3 is 11.9 Å². The Morgan fingerprint density at radius 1 is 0.739 bits per heavy atom. The number of allylic oxidation sites excluding steroid dienone is 1. The Kier molecular flexibility index (Phi) is 5.31. The molecule has 2 rings (SSSR count). The Morgan fingerprint density at radius 2 is 1.17 bits per heavy atom. The van der Waals surface area contributed by atoms with E-state index in [-0.39, 0.29) is 11.9 Å². The van der Waals surface area contributed by atoms with E-state index in [1.807, 2.05) is 37.3 Å². The lowest BCUT2D eigenvalue weighted by molar-refractivity contribution is -0.132. The fourth-order valence-corrected chi connectivity index (χ4v) is 2.08. The van der Waals surface area contributed by atoms with Gasteiger partial charge in [0.05, 0.1) is 0 Å². The predicted molar refractivity (Wildman–Crippen MR) is 89.0 cm³/mol. The highest BCUT2D eigenvalue weighted by atomic mass is 16.5. The molecular formula is C19H18O4. The fourth-order valence-electron chi connectivity index (χ4n) is 2.08. The lowest BCUT2D eigenvalue weighted by Gasteiger charge is -2.05. The molecule has 0 heterocycles. The largest absolute Gasteiger partial charge is 0.427 e. The molecule has 4 heteroatoms. The molecule has 0 atom stereocenters. The van der Waals surface area contributed by atoms with Gasteiger partial charge in [0, 0.05) is 13.8 Å². The average Bonchev–Trinajstić information content (AvgIpc) is 2.49. The number of hydrogen-bond donors (Lipinski definition) is 0. The summed E-state index contributed by atoms with van der Waals surface area (Å²) in [5.74, 6) is 0.382. The van der Waals surface area contributed by atoms with Crippen LogP contribution < -0.4 is 9.47 Å². The summed E-state index contributed by atoms with van der Waals surface area (Å²) in [5, 5.41) is 0. The van der Waals surface area contributed by atoms with Crippen molar-refractivity contribution in [3.8, 4) is 11.5 Å². The highest BCUT2D eigenvalue weighted by molar-refractivity contribution is 5.80. The highest BCUT2D eigenvalue weighted by Crippen LogP contribution is 2.22. The molecule has 0 bridgehead atoms. The van der Waals surface area contributed by atoms with Gasteiger partial charge < -0.3 is 9.47 Å². The van der Waals surface area contributed by atoms with E-state index in [0.717, 1.165) is 16.7 Å². The van der Waals surface area contributed by atoms with Crippen molar-refractivity contribution in [1.82, 2.24) is 0 Å². The van der Waals surface area contributed by atoms with Crippen LogP contribution >= 0.6 is 0 Å². The number of benzene rings is 2. The van der Waals surface area contributed by atoms with Gasteiger partial charge in [-0.15, -0.1) is 0 Å². The second-order valence-corrected chi connectivity index (χ2v) is 5.11. The van der Waals surface area contributed by atoms with E-state index >= 15 is 0 Å². The third-order valence-corrected chi connectivity index (χ3v) is 3.10. The molecule has 2 aromatic carbocycles. The second-order valence-electron chi connectivity index (χ2n) is 5.11. The van der Waals surface area contributed by atoms with E-state index in [4.69, 9.17) is 9.47 Å². The van der Waals surface area contributed by atoms with Gasteiger partial charge in [0.1, 0.15) is 11.5 Å². The molecule has 0 aromatic heterocycles. The van der Waals surface area contributed by atoms with Crippen molar-refractivity contribution in [2.75, 3.05) is 0 Å². The predicted octanol–water partition coefficient (Wildman–Crippen LogP) is 4.10. The van der Waals surface area contributed by atoms with Crippen molar-refractivity contribution in [2.45, 2.75) is 20.8 Å². The minimum absolute atomic E-state index is 0.335. The van der Waals surface area contributed by atoms with Crippen molar-refractivity contribution < 1.29 is 19.1 Å². The maximum absolute atomic E-state index is 10.9. The van der Waals surface area contributed by atoms with Crippen LogP contribution in [-0.4, -0.2) is 11.9 Å². The number of ether oxygens (including phenoxy) is 2. The summed E-state index contributed by atoms with van der Waals surface area (Å²) in [5.41, 5.74) is 3.10. The number of rotatable bonds is 4. The Morgan fingerprint density at radius 3 is 1.61 bits per heavy atom. The van der Waals surface area contributed by atoms with Gasteiger partial charge in [0.2, 0.25) is 0 Å². The highest BCUT2D eigenvalue weighted by Gasteiger charge is 2.01. The van der Waals surface area contributed by atoms with Gasteiger partial charge in [0.15, 0.2) is 0 Å². The summed E-state index contributed by atoms with van der Waals surface area (Å²) in [4.78, 5) is 21.8. The molecule has 0 aliphatic rings. The molecule has 0 fully saturated rings. The zero-order chi connectivity index (χ0) is 16.8. The molecule has 0 amide bonds. The molecule has 4 nitrogen and oxygen atoms in total. The maximum Gasteiger partial charge on any atom is 0.308 e. The molecule has 0 saturated carbocycles. The Balaban J connectivity index is 2.12. The first-order valence-corrected chi connectivity index (χ1v) is 7.19. The van der Waals surface area contributed by atoms with Crippen molar-refractivity contribution in [3.05, 3.63) is 59.7 Å². The van der Waals surface area contributed by atoms with Gasteiger partial charge in [-0.1, -0.05) is 30.3 Å². The number of hydrogen-bond acceptors (Lipinski definition) is 4. The topological polar surface area (TPSA) is 52.6 Å². The smallest absolute Gasteiger partial charge is 0.308 e. The molecule has 23 heavy (non-hydrogen) atoms. The standard InChI is InChI=1S/C19H18O4/c1-13(17-6-10-19(11-7-17)23-15(3)21)12-16-4-8-18(9-5-16)22-14(2)20/h4-12H,1-3H3/b13-12+. The molecule has 0 spiro atoms. The van der Waals surface area contributed by atoms with Crippen LogP contribution in [0.25, 0.3) is 11.6 Å². The molecular weight excluding hydrogens is 292 g/mol.